The molecule has 0 bridgehead atoms. The van der Waals surface area contributed by atoms with Gasteiger partial charge in [0.05, 0.1) is 12.3 Å². The van der Waals surface area contributed by atoms with Crippen molar-refractivity contribution in [3.63, 3.8) is 0 Å². The molecule has 0 aliphatic carbocycles. The van der Waals surface area contributed by atoms with Crippen LogP contribution in [-0.2, 0) is 0 Å². The van der Waals surface area contributed by atoms with E-state index in [0.717, 1.165) is 29.0 Å². The number of aryl methyl sites for hydroxylation is 1. The van der Waals surface area contributed by atoms with Gasteiger partial charge in [0, 0.05) is 30.0 Å². The van der Waals surface area contributed by atoms with Gasteiger partial charge in [-0.05, 0) is 55.3 Å². The molecule has 1 aliphatic rings. The van der Waals surface area contributed by atoms with Gasteiger partial charge in [0.1, 0.15) is 5.52 Å². The average Bonchev–Trinajstić information content (AvgIpc) is 3.49. The second-order valence-electron chi connectivity index (χ2n) is 7.41. The summed E-state index contributed by atoms with van der Waals surface area (Å²) in [6.07, 6.45) is 4.19. The number of hydrogen-bond acceptors (Lipinski definition) is 4. The van der Waals surface area contributed by atoms with Crippen LogP contribution >= 0.6 is 11.6 Å². The van der Waals surface area contributed by atoms with Gasteiger partial charge in [0.25, 0.3) is 0 Å². The zero-order valence-electron chi connectivity index (χ0n) is 16.4. The van der Waals surface area contributed by atoms with Crippen LogP contribution in [0.2, 0.25) is 5.02 Å². The van der Waals surface area contributed by atoms with Gasteiger partial charge in [-0.15, -0.1) is 0 Å². The second-order valence-corrected chi connectivity index (χ2v) is 7.82. The van der Waals surface area contributed by atoms with E-state index in [2.05, 4.69) is 14.9 Å². The zero-order valence-corrected chi connectivity index (χ0v) is 17.1. The van der Waals surface area contributed by atoms with Crippen LogP contribution < -0.4 is 5.32 Å². The zero-order chi connectivity index (χ0) is 20.7. The Hall–Kier alpha value is -3.32. The van der Waals surface area contributed by atoms with Gasteiger partial charge in [-0.25, -0.2) is 14.8 Å². The lowest BCUT2D eigenvalue weighted by Gasteiger charge is -2.19. The van der Waals surface area contributed by atoms with Crippen molar-refractivity contribution in [1.82, 2.24) is 19.4 Å². The quantitative estimate of drug-likeness (QED) is 0.497. The van der Waals surface area contributed by atoms with Gasteiger partial charge < -0.3 is 19.2 Å². The van der Waals surface area contributed by atoms with E-state index in [1.54, 1.807) is 23.4 Å². The highest BCUT2D eigenvalue weighted by molar-refractivity contribution is 6.31. The Morgan fingerprint density at radius 2 is 2.17 bits per heavy atom. The van der Waals surface area contributed by atoms with Gasteiger partial charge in [-0.3, -0.25) is 0 Å². The lowest BCUT2D eigenvalue weighted by molar-refractivity contribution is 0.221. The third kappa shape index (κ3) is 3.31. The maximum absolute atomic E-state index is 12.8. The van der Waals surface area contributed by atoms with Crippen LogP contribution in [0, 0.1) is 6.92 Å². The van der Waals surface area contributed by atoms with Gasteiger partial charge in [0.2, 0.25) is 0 Å². The summed E-state index contributed by atoms with van der Waals surface area (Å²) in [5, 5.41) is 3.57. The number of fused-ring (bicyclic) bond motifs is 1. The first-order valence-corrected chi connectivity index (χ1v) is 10.2. The van der Waals surface area contributed by atoms with Crippen molar-refractivity contribution in [2.24, 2.45) is 0 Å². The Balaban J connectivity index is 1.40. The summed E-state index contributed by atoms with van der Waals surface area (Å²) in [4.78, 5) is 23.9. The maximum atomic E-state index is 12.8. The molecule has 1 N–H and O–H groups in total. The Morgan fingerprint density at radius 3 is 2.97 bits per heavy atom. The van der Waals surface area contributed by atoms with Gasteiger partial charge in [-0.2, -0.15) is 0 Å². The molecule has 30 heavy (non-hydrogen) atoms. The molecule has 2 amide bonds. The first kappa shape index (κ1) is 18.7. The largest absolute Gasteiger partial charge is 0.461 e. The van der Waals surface area contributed by atoms with Crippen molar-refractivity contribution in [2.45, 2.75) is 19.4 Å². The lowest BCUT2D eigenvalue weighted by Crippen LogP contribution is -2.33. The summed E-state index contributed by atoms with van der Waals surface area (Å²) in [5.41, 5.74) is 3.26. The predicted molar refractivity (Wildman–Crippen MR) is 116 cm³/mol. The molecule has 5 rings (SSSR count). The number of likely N-dealkylation sites (tertiary alicyclic amines) is 1. The molecule has 0 spiro atoms. The highest BCUT2D eigenvalue weighted by Crippen LogP contribution is 2.32. The third-order valence-electron chi connectivity index (χ3n) is 5.43. The summed E-state index contributed by atoms with van der Waals surface area (Å²) < 4.78 is 7.69. The molecule has 4 heterocycles. The molecule has 1 saturated heterocycles. The van der Waals surface area contributed by atoms with E-state index in [4.69, 9.17) is 21.0 Å². The van der Waals surface area contributed by atoms with Crippen molar-refractivity contribution >= 4 is 34.5 Å². The molecule has 8 heteroatoms. The molecule has 1 aromatic carbocycles. The maximum Gasteiger partial charge on any atom is 0.321 e. The molecule has 1 aliphatic heterocycles. The molecule has 1 atom stereocenters. The minimum Gasteiger partial charge on any atom is -0.461 e. The van der Waals surface area contributed by atoms with Gasteiger partial charge in [0.15, 0.2) is 17.2 Å². The minimum atomic E-state index is -0.144. The van der Waals surface area contributed by atoms with Crippen molar-refractivity contribution in [2.75, 3.05) is 18.4 Å². The summed E-state index contributed by atoms with van der Waals surface area (Å²) in [6.45, 7) is 3.13. The predicted octanol–water partition coefficient (Wildman–Crippen LogP) is 5.13. The fraction of sp³-hybridized carbons (Fsp3) is 0.227. The number of carbonyl (C=O) groups is 1. The van der Waals surface area contributed by atoms with E-state index in [-0.39, 0.29) is 12.1 Å². The first-order chi connectivity index (χ1) is 14.6. The Kier molecular flexibility index (Phi) is 4.67. The van der Waals surface area contributed by atoms with E-state index >= 15 is 0 Å². The molecule has 152 valence electrons. The van der Waals surface area contributed by atoms with Crippen molar-refractivity contribution in [3.8, 4) is 11.6 Å². The normalized spacial score (nSPS) is 16.3. The molecule has 7 nitrogen and oxygen atoms in total. The highest BCUT2D eigenvalue weighted by Gasteiger charge is 2.31. The number of nitrogens with one attached hydrogen (secondary N) is 1. The molecule has 1 fully saturated rings. The third-order valence-corrected chi connectivity index (χ3v) is 5.84. The van der Waals surface area contributed by atoms with Crippen molar-refractivity contribution < 1.29 is 9.21 Å². The number of halogens is 1. The minimum absolute atomic E-state index is 0.0531. The van der Waals surface area contributed by atoms with Crippen LogP contribution in [-0.4, -0.2) is 38.6 Å². The van der Waals surface area contributed by atoms with Crippen LogP contribution in [0.3, 0.4) is 0 Å². The number of rotatable bonds is 3. The molecule has 0 saturated carbocycles. The molecule has 1 unspecified atom stereocenters. The fourth-order valence-electron chi connectivity index (χ4n) is 3.87. The van der Waals surface area contributed by atoms with Gasteiger partial charge >= 0.3 is 6.03 Å². The standard InChI is InChI=1S/C22H20ClN5O2/c1-14-6-7-15(12-17(14)23)25-22(29)27-10-8-16(13-27)28-20-18(4-2-9-24-20)26-21(28)19-5-3-11-30-19/h2-7,9,11-12,16H,8,10,13H2,1H3,(H,25,29). The number of nitrogens with zero attached hydrogens (tertiary/aromatic N) is 4. The van der Waals surface area contributed by atoms with E-state index in [9.17, 15) is 4.79 Å². The summed E-state index contributed by atoms with van der Waals surface area (Å²) in [6, 6.07) is 13.0. The number of benzene rings is 1. The summed E-state index contributed by atoms with van der Waals surface area (Å²) >= 11 is 6.18. The molecular formula is C22H20ClN5O2. The Labute approximate surface area is 178 Å². The number of imidazole rings is 1. The number of anilines is 1. The number of pyridine rings is 1. The molecular weight excluding hydrogens is 402 g/mol. The van der Waals surface area contributed by atoms with E-state index in [1.807, 2.05) is 43.3 Å². The summed E-state index contributed by atoms with van der Waals surface area (Å²) in [7, 11) is 0. The average molecular weight is 422 g/mol. The first-order valence-electron chi connectivity index (χ1n) is 9.79. The van der Waals surface area contributed by atoms with Crippen LogP contribution in [0.1, 0.15) is 18.0 Å². The SMILES string of the molecule is Cc1ccc(NC(=O)N2CCC(n3c(-c4ccco4)nc4cccnc43)C2)cc1Cl. The number of aromatic nitrogens is 3. The smallest absolute Gasteiger partial charge is 0.321 e. The van der Waals surface area contributed by atoms with Gasteiger partial charge in [-0.1, -0.05) is 17.7 Å². The monoisotopic (exact) mass is 421 g/mol. The Bertz CT molecular complexity index is 1220. The van der Waals surface area contributed by atoms with E-state index < -0.39 is 0 Å². The van der Waals surface area contributed by atoms with Crippen LogP contribution in [0.15, 0.2) is 59.3 Å². The lowest BCUT2D eigenvalue weighted by atomic mass is 10.2. The highest BCUT2D eigenvalue weighted by atomic mass is 35.5. The second kappa shape index (κ2) is 7.50. The van der Waals surface area contributed by atoms with Crippen molar-refractivity contribution in [3.05, 3.63) is 65.5 Å². The van der Waals surface area contributed by atoms with E-state index in [0.29, 0.717) is 29.6 Å². The Morgan fingerprint density at radius 1 is 1.27 bits per heavy atom. The number of carbonyl (C=O) groups excluding carboxylic acids is 1. The van der Waals surface area contributed by atoms with Crippen LogP contribution in [0.25, 0.3) is 22.7 Å². The van der Waals surface area contributed by atoms with E-state index in [1.165, 1.54) is 0 Å². The number of urea groups is 1. The molecule has 3 aromatic heterocycles. The fourth-order valence-corrected chi connectivity index (χ4v) is 4.05. The van der Waals surface area contributed by atoms with Crippen molar-refractivity contribution in [1.29, 1.82) is 0 Å². The number of furan rings is 1. The van der Waals surface area contributed by atoms with Crippen LogP contribution in [0.5, 0.6) is 0 Å². The van der Waals surface area contributed by atoms with Crippen LogP contribution in [0.4, 0.5) is 10.5 Å². The topological polar surface area (TPSA) is 76.2 Å². The summed E-state index contributed by atoms with van der Waals surface area (Å²) in [5.74, 6) is 1.41. The molecule has 4 aromatic rings. The molecule has 0 radical (unpaired) electrons. The number of amides is 2. The number of hydrogen-bond donors (Lipinski definition) is 1.